The van der Waals surface area contributed by atoms with E-state index in [0.717, 1.165) is 59.5 Å². The summed E-state index contributed by atoms with van der Waals surface area (Å²) < 4.78 is 0. The zero-order valence-corrected chi connectivity index (χ0v) is 17.7. The molecule has 29 heavy (non-hydrogen) atoms. The Hall–Kier alpha value is -2.73. The number of hydrogen-bond donors (Lipinski definition) is 3. The summed E-state index contributed by atoms with van der Waals surface area (Å²) in [7, 11) is 1.88. The fourth-order valence-corrected chi connectivity index (χ4v) is 4.53. The van der Waals surface area contributed by atoms with Gasteiger partial charge in [-0.15, -0.1) is 0 Å². The predicted molar refractivity (Wildman–Crippen MR) is 120 cm³/mol. The molecule has 4 N–H and O–H groups in total. The maximum atomic E-state index is 8.46. The van der Waals surface area contributed by atoms with Crippen LogP contribution in [0, 0.1) is 5.41 Å². The van der Waals surface area contributed by atoms with Gasteiger partial charge in [0.05, 0.1) is 23.3 Å². The van der Waals surface area contributed by atoms with Crippen molar-refractivity contribution in [3.8, 4) is 0 Å². The van der Waals surface area contributed by atoms with Crippen LogP contribution in [0.2, 0.25) is 0 Å². The predicted octanol–water partition coefficient (Wildman–Crippen LogP) is 3.29. The normalized spacial score (nSPS) is 26.7. The van der Waals surface area contributed by atoms with Gasteiger partial charge in [-0.3, -0.25) is 0 Å². The van der Waals surface area contributed by atoms with Gasteiger partial charge in [-0.05, 0) is 63.0 Å². The molecular formula is C23H30N6. The lowest BCUT2D eigenvalue weighted by atomic mass is 9.67. The third-order valence-electron chi connectivity index (χ3n) is 6.63. The molecule has 2 aliphatic rings. The molecule has 1 aliphatic heterocycles. The molecule has 1 aliphatic carbocycles. The van der Waals surface area contributed by atoms with Gasteiger partial charge in [-0.2, -0.15) is 0 Å². The molecule has 6 nitrogen and oxygen atoms in total. The summed E-state index contributed by atoms with van der Waals surface area (Å²) in [5.74, 6) is 0. The molecule has 152 valence electrons. The molecule has 1 saturated heterocycles. The molecule has 2 atom stereocenters. The number of nitrogens with zero attached hydrogens (tertiary/aromatic N) is 3. The lowest BCUT2D eigenvalue weighted by Crippen LogP contribution is -2.33. The molecule has 0 amide bonds. The van der Waals surface area contributed by atoms with Crippen LogP contribution in [0.3, 0.4) is 0 Å². The van der Waals surface area contributed by atoms with Crippen LogP contribution in [0.25, 0.3) is 11.0 Å². The topological polar surface area (TPSA) is 90.9 Å². The van der Waals surface area contributed by atoms with Gasteiger partial charge in [-0.25, -0.2) is 9.97 Å². The van der Waals surface area contributed by atoms with Crippen molar-refractivity contribution >= 4 is 22.4 Å². The summed E-state index contributed by atoms with van der Waals surface area (Å²) in [4.78, 5) is 11.9. The van der Waals surface area contributed by atoms with Crippen LogP contribution >= 0.6 is 0 Å². The number of anilines is 1. The molecule has 2 aromatic heterocycles. The Morgan fingerprint density at radius 1 is 1.34 bits per heavy atom. The second-order valence-electron chi connectivity index (χ2n) is 8.52. The highest BCUT2D eigenvalue weighted by Gasteiger charge is 2.38. The van der Waals surface area contributed by atoms with Crippen molar-refractivity contribution in [2.45, 2.75) is 45.1 Å². The average molecular weight is 391 g/mol. The smallest absolute Gasteiger partial charge is 0.159 e. The van der Waals surface area contributed by atoms with Gasteiger partial charge in [0.15, 0.2) is 5.65 Å². The Kier molecular flexibility index (Phi) is 4.90. The molecule has 0 bridgehead atoms. The highest BCUT2D eigenvalue weighted by Crippen LogP contribution is 2.43. The lowest BCUT2D eigenvalue weighted by molar-refractivity contribution is 0.530. The van der Waals surface area contributed by atoms with E-state index in [4.69, 9.17) is 16.1 Å². The second-order valence-corrected chi connectivity index (χ2v) is 8.52. The summed E-state index contributed by atoms with van der Waals surface area (Å²) in [6, 6.07) is 6.65. The van der Waals surface area contributed by atoms with Crippen LogP contribution in [0.15, 0.2) is 47.3 Å². The zero-order chi connectivity index (χ0) is 20.8. The van der Waals surface area contributed by atoms with Crippen LogP contribution in [0.5, 0.6) is 0 Å². The summed E-state index contributed by atoms with van der Waals surface area (Å²) in [6.45, 7) is 8.24. The first-order valence-electron chi connectivity index (χ1n) is 10.2. The minimum Gasteiger partial charge on any atom is -0.394 e. The maximum absolute atomic E-state index is 8.46. The molecule has 0 spiro atoms. The molecular weight excluding hydrogens is 360 g/mol. The van der Waals surface area contributed by atoms with Gasteiger partial charge < -0.3 is 21.4 Å². The third kappa shape index (κ3) is 3.31. The van der Waals surface area contributed by atoms with E-state index in [-0.39, 0.29) is 11.5 Å². The van der Waals surface area contributed by atoms with E-state index in [9.17, 15) is 0 Å². The Bertz CT molecular complexity index is 1040. The number of nitrogens with two attached hydrogens (primary N) is 1. The fraction of sp³-hybridized carbons (Fsp3) is 0.435. The molecule has 2 unspecified atom stereocenters. The van der Waals surface area contributed by atoms with Gasteiger partial charge in [0.1, 0.15) is 0 Å². The highest BCUT2D eigenvalue weighted by molar-refractivity contribution is 6.11. The van der Waals surface area contributed by atoms with Crippen LogP contribution in [-0.2, 0) is 5.41 Å². The van der Waals surface area contributed by atoms with Gasteiger partial charge in [0.2, 0.25) is 0 Å². The second kappa shape index (κ2) is 7.26. The molecule has 6 heteroatoms. The van der Waals surface area contributed by atoms with E-state index in [2.05, 4.69) is 47.2 Å². The molecule has 1 fully saturated rings. The van der Waals surface area contributed by atoms with Crippen LogP contribution in [0.4, 0.5) is 5.69 Å². The number of rotatable bonds is 3. The minimum absolute atomic E-state index is 0.244. The van der Waals surface area contributed by atoms with E-state index in [1.165, 1.54) is 5.57 Å². The van der Waals surface area contributed by atoms with E-state index in [1.54, 1.807) is 0 Å². The molecule has 0 radical (unpaired) electrons. The monoisotopic (exact) mass is 390 g/mol. The van der Waals surface area contributed by atoms with Crippen LogP contribution < -0.4 is 16.0 Å². The average Bonchev–Trinajstić information content (AvgIpc) is 3.16. The molecule has 4 rings (SSSR count). The van der Waals surface area contributed by atoms with Gasteiger partial charge in [-0.1, -0.05) is 5.57 Å². The van der Waals surface area contributed by atoms with Crippen molar-refractivity contribution < 1.29 is 0 Å². The number of nitrogens with one attached hydrogen (secondary N) is 2. The van der Waals surface area contributed by atoms with Crippen molar-refractivity contribution in [3.63, 3.8) is 0 Å². The Labute approximate surface area is 172 Å². The Morgan fingerprint density at radius 2 is 2.14 bits per heavy atom. The number of aromatic nitrogens is 2. The Morgan fingerprint density at radius 3 is 2.83 bits per heavy atom. The lowest BCUT2D eigenvalue weighted by Gasteiger charge is -2.37. The molecule has 0 aromatic carbocycles. The molecule has 0 saturated carbocycles. The van der Waals surface area contributed by atoms with Crippen molar-refractivity contribution in [2.75, 3.05) is 25.0 Å². The first-order valence-corrected chi connectivity index (χ1v) is 10.2. The summed E-state index contributed by atoms with van der Waals surface area (Å²) >= 11 is 0. The van der Waals surface area contributed by atoms with Gasteiger partial charge >= 0.3 is 0 Å². The largest absolute Gasteiger partial charge is 0.394 e. The number of pyridine rings is 2. The van der Waals surface area contributed by atoms with Crippen molar-refractivity contribution in [3.05, 3.63) is 53.0 Å². The summed E-state index contributed by atoms with van der Waals surface area (Å²) in [5.41, 5.74) is 12.5. The van der Waals surface area contributed by atoms with Crippen molar-refractivity contribution in [1.82, 2.24) is 15.3 Å². The summed E-state index contributed by atoms with van der Waals surface area (Å²) in [5, 5.41) is 12.6. The first-order chi connectivity index (χ1) is 13.8. The van der Waals surface area contributed by atoms with Gasteiger partial charge in [0, 0.05) is 43.2 Å². The van der Waals surface area contributed by atoms with Crippen molar-refractivity contribution in [1.29, 1.82) is 5.41 Å². The number of hydrogen-bond acceptors (Lipinski definition) is 6. The first kappa shape index (κ1) is 19.6. The SMILES string of the molecule is CN/C=C1/CC(C)(c2ccc3cc(N4CCC(N)C4)cnc3n2)C(C)=C(C)C1=N. The zero-order valence-electron chi connectivity index (χ0n) is 17.7. The molecule has 2 aromatic rings. The van der Waals surface area contributed by atoms with Gasteiger partial charge in [0.25, 0.3) is 0 Å². The third-order valence-corrected chi connectivity index (χ3v) is 6.63. The van der Waals surface area contributed by atoms with E-state index < -0.39 is 0 Å². The van der Waals surface area contributed by atoms with E-state index in [1.807, 2.05) is 26.4 Å². The van der Waals surface area contributed by atoms with Crippen LogP contribution in [0.1, 0.15) is 39.3 Å². The molecule has 3 heterocycles. The van der Waals surface area contributed by atoms with Crippen LogP contribution in [-0.4, -0.2) is 41.9 Å². The quantitative estimate of drug-likeness (QED) is 0.748. The van der Waals surface area contributed by atoms with Crippen molar-refractivity contribution in [2.24, 2.45) is 5.73 Å². The summed E-state index contributed by atoms with van der Waals surface area (Å²) in [6.07, 6.45) is 5.62. The number of fused-ring (bicyclic) bond motifs is 1. The highest BCUT2D eigenvalue weighted by atomic mass is 15.2. The van der Waals surface area contributed by atoms with E-state index in [0.29, 0.717) is 5.71 Å². The van der Waals surface area contributed by atoms with E-state index >= 15 is 0 Å². The fourth-order valence-electron chi connectivity index (χ4n) is 4.53. The minimum atomic E-state index is -0.256. The standard InChI is InChI=1S/C23H30N6/c1-14-15(2)23(3,10-17(11-26-4)21(14)25)20-6-5-16-9-19(12-27-22(16)28-20)29-8-7-18(24)13-29/h5-6,9,11-12,18,25-26H,7-8,10,13,24H2,1-4H3/b17-11-,25-21?. The number of allylic oxidation sites excluding steroid dienone is 3. The maximum Gasteiger partial charge on any atom is 0.159 e. The Balaban J connectivity index is 1.74.